The van der Waals surface area contributed by atoms with Gasteiger partial charge in [-0.1, -0.05) is 19.1 Å². The van der Waals surface area contributed by atoms with Gasteiger partial charge >= 0.3 is 12.4 Å². The average Bonchev–Trinajstić information content (AvgIpc) is 3.09. The van der Waals surface area contributed by atoms with Crippen LogP contribution in [0, 0.1) is 5.82 Å². The van der Waals surface area contributed by atoms with Crippen molar-refractivity contribution in [3.63, 3.8) is 0 Å². The zero-order valence-electron chi connectivity index (χ0n) is 17.5. The zero-order chi connectivity index (χ0) is 23.7. The van der Waals surface area contributed by atoms with Crippen LogP contribution in [0.2, 0.25) is 0 Å². The maximum absolute atomic E-state index is 13.4. The summed E-state index contributed by atoms with van der Waals surface area (Å²) in [5.41, 5.74) is -2.14. The van der Waals surface area contributed by atoms with Crippen LogP contribution in [0.1, 0.15) is 61.0 Å². The minimum absolute atomic E-state index is 0.00472. The average molecular weight is 463 g/mol. The van der Waals surface area contributed by atoms with Crippen LogP contribution in [-0.4, -0.2) is 18.7 Å². The zero-order valence-corrected chi connectivity index (χ0v) is 17.5. The predicted octanol–water partition coefficient (Wildman–Crippen LogP) is 6.87. The molecule has 4 unspecified atom stereocenters. The van der Waals surface area contributed by atoms with Crippen LogP contribution < -0.4 is 5.32 Å². The summed E-state index contributed by atoms with van der Waals surface area (Å²) in [6, 6.07) is 7.39. The van der Waals surface area contributed by atoms with Gasteiger partial charge in [-0.25, -0.2) is 4.39 Å². The molecule has 9 heteroatoms. The fourth-order valence-electron chi connectivity index (χ4n) is 4.29. The van der Waals surface area contributed by atoms with Crippen molar-refractivity contribution in [2.45, 2.75) is 63.2 Å². The molecule has 176 valence electrons. The van der Waals surface area contributed by atoms with E-state index in [9.17, 15) is 30.7 Å². The third-order valence-corrected chi connectivity index (χ3v) is 5.78. The molecule has 0 radical (unpaired) electrons. The highest BCUT2D eigenvalue weighted by Gasteiger charge is 2.40. The molecule has 4 atom stereocenters. The number of rotatable bonds is 6. The van der Waals surface area contributed by atoms with Crippen LogP contribution in [0.15, 0.2) is 42.5 Å². The van der Waals surface area contributed by atoms with E-state index in [1.54, 1.807) is 12.1 Å². The normalized spacial score (nSPS) is 22.8. The molecule has 0 spiro atoms. The molecule has 2 aromatic rings. The molecule has 0 aliphatic heterocycles. The van der Waals surface area contributed by atoms with E-state index in [0.29, 0.717) is 31.5 Å². The Morgan fingerprint density at radius 3 is 2.00 bits per heavy atom. The summed E-state index contributed by atoms with van der Waals surface area (Å²) < 4.78 is 98.7. The quantitative estimate of drug-likeness (QED) is 0.473. The number of hydrogen-bond donors (Lipinski definition) is 1. The Morgan fingerprint density at radius 2 is 1.50 bits per heavy atom. The summed E-state index contributed by atoms with van der Waals surface area (Å²) in [6.07, 6.45) is -10.0. The Morgan fingerprint density at radius 1 is 0.938 bits per heavy atom. The van der Waals surface area contributed by atoms with Crippen molar-refractivity contribution in [2.75, 3.05) is 6.54 Å². The molecule has 1 saturated carbocycles. The van der Waals surface area contributed by atoms with Gasteiger partial charge in [0, 0.05) is 12.0 Å². The van der Waals surface area contributed by atoms with E-state index in [0.717, 1.165) is 5.56 Å². The standard InChI is InChI=1S/C23H24F7NO/c1-3-31-19-8-9-20(21(19)14-4-6-18(24)7-5-14)32-13(2)15-10-16(22(25,26)27)12-17(11-15)23(28,29)30/h4-7,10-13,19-21,31H,3,8-9H2,1-2H3. The highest BCUT2D eigenvalue weighted by atomic mass is 19.4. The van der Waals surface area contributed by atoms with Crippen LogP contribution in [0.3, 0.4) is 0 Å². The van der Waals surface area contributed by atoms with E-state index in [1.165, 1.54) is 19.1 Å². The topological polar surface area (TPSA) is 21.3 Å². The molecular weight excluding hydrogens is 439 g/mol. The maximum Gasteiger partial charge on any atom is 0.416 e. The number of nitrogens with one attached hydrogen (secondary N) is 1. The van der Waals surface area contributed by atoms with Gasteiger partial charge in [0.05, 0.1) is 23.3 Å². The number of ether oxygens (including phenoxy) is 1. The van der Waals surface area contributed by atoms with Crippen LogP contribution >= 0.6 is 0 Å². The fraction of sp³-hybridized carbons (Fsp3) is 0.478. The van der Waals surface area contributed by atoms with Crippen LogP contribution in [-0.2, 0) is 17.1 Å². The van der Waals surface area contributed by atoms with Crippen LogP contribution in [0.25, 0.3) is 0 Å². The summed E-state index contributed by atoms with van der Waals surface area (Å²) in [5, 5.41) is 3.34. The molecule has 1 aliphatic rings. The Balaban J connectivity index is 1.90. The molecule has 0 bridgehead atoms. The third-order valence-electron chi connectivity index (χ3n) is 5.78. The van der Waals surface area contributed by atoms with Gasteiger partial charge in [0.25, 0.3) is 0 Å². The van der Waals surface area contributed by atoms with E-state index in [1.807, 2.05) is 6.92 Å². The van der Waals surface area contributed by atoms with E-state index >= 15 is 0 Å². The van der Waals surface area contributed by atoms with Crippen molar-refractivity contribution in [3.8, 4) is 0 Å². The molecule has 2 aromatic carbocycles. The van der Waals surface area contributed by atoms with Crippen molar-refractivity contribution in [3.05, 3.63) is 70.5 Å². The smallest absolute Gasteiger partial charge is 0.370 e. The highest BCUT2D eigenvalue weighted by Crippen LogP contribution is 2.42. The second kappa shape index (κ2) is 9.39. The van der Waals surface area contributed by atoms with Crippen LogP contribution in [0.4, 0.5) is 30.7 Å². The lowest BCUT2D eigenvalue weighted by Gasteiger charge is -2.29. The number of halogens is 7. The Hall–Kier alpha value is -2.13. The van der Waals surface area contributed by atoms with Crippen molar-refractivity contribution >= 4 is 0 Å². The molecular formula is C23H24F7NO. The molecule has 0 saturated heterocycles. The number of likely N-dealkylation sites (N-methyl/N-ethyl adjacent to an activating group) is 1. The fourth-order valence-corrected chi connectivity index (χ4v) is 4.29. The highest BCUT2D eigenvalue weighted by molar-refractivity contribution is 5.35. The van der Waals surface area contributed by atoms with Crippen LogP contribution in [0.5, 0.6) is 0 Å². The molecule has 2 nitrogen and oxygen atoms in total. The SMILES string of the molecule is CCNC1CCC(OC(C)c2cc(C(F)(F)F)cc(C(F)(F)F)c2)C1c1ccc(F)cc1. The van der Waals surface area contributed by atoms with Gasteiger partial charge in [-0.15, -0.1) is 0 Å². The van der Waals surface area contributed by atoms with Gasteiger partial charge in [0.2, 0.25) is 0 Å². The molecule has 1 aliphatic carbocycles. The summed E-state index contributed by atoms with van der Waals surface area (Å²) in [5.74, 6) is -0.618. The predicted molar refractivity (Wildman–Crippen MR) is 106 cm³/mol. The van der Waals surface area contributed by atoms with E-state index < -0.39 is 41.5 Å². The summed E-state index contributed by atoms with van der Waals surface area (Å²) in [7, 11) is 0. The van der Waals surface area contributed by atoms with Crippen molar-refractivity contribution in [1.82, 2.24) is 5.32 Å². The first-order valence-corrected chi connectivity index (χ1v) is 10.3. The third kappa shape index (κ3) is 5.61. The first-order valence-electron chi connectivity index (χ1n) is 10.3. The summed E-state index contributed by atoms with van der Waals surface area (Å²) in [6.45, 7) is 4.05. The van der Waals surface area contributed by atoms with Gasteiger partial charge in [-0.05, 0) is 67.8 Å². The molecule has 1 fully saturated rings. The first kappa shape index (κ1) is 24.5. The van der Waals surface area contributed by atoms with Gasteiger partial charge in [0.15, 0.2) is 0 Å². The van der Waals surface area contributed by atoms with Gasteiger partial charge in [0.1, 0.15) is 5.82 Å². The Bertz CT molecular complexity index is 876. The van der Waals surface area contributed by atoms with E-state index in [4.69, 9.17) is 4.74 Å². The van der Waals surface area contributed by atoms with Crippen molar-refractivity contribution in [2.24, 2.45) is 0 Å². The van der Waals surface area contributed by atoms with Crippen molar-refractivity contribution < 1.29 is 35.5 Å². The maximum atomic E-state index is 13.4. The van der Waals surface area contributed by atoms with Gasteiger partial charge < -0.3 is 10.1 Å². The second-order valence-corrected chi connectivity index (χ2v) is 7.97. The van der Waals surface area contributed by atoms with E-state index in [-0.39, 0.29) is 23.6 Å². The number of benzene rings is 2. The molecule has 0 amide bonds. The molecule has 32 heavy (non-hydrogen) atoms. The monoisotopic (exact) mass is 463 g/mol. The van der Waals surface area contributed by atoms with Gasteiger partial charge in [-0.2, -0.15) is 26.3 Å². The van der Waals surface area contributed by atoms with E-state index in [2.05, 4.69) is 5.32 Å². The molecule has 1 N–H and O–H groups in total. The molecule has 3 rings (SSSR count). The lowest BCUT2D eigenvalue weighted by Crippen LogP contribution is -2.35. The van der Waals surface area contributed by atoms with Gasteiger partial charge in [-0.3, -0.25) is 0 Å². The Kier molecular flexibility index (Phi) is 7.19. The summed E-state index contributed by atoms with van der Waals surface area (Å²) in [4.78, 5) is 0. The lowest BCUT2D eigenvalue weighted by molar-refractivity contribution is -0.143. The largest absolute Gasteiger partial charge is 0.416 e. The molecule has 0 heterocycles. The summed E-state index contributed by atoms with van der Waals surface area (Å²) >= 11 is 0. The second-order valence-electron chi connectivity index (χ2n) is 7.97. The first-order chi connectivity index (χ1) is 14.9. The number of alkyl halides is 6. The number of hydrogen-bond acceptors (Lipinski definition) is 2. The van der Waals surface area contributed by atoms with Crippen molar-refractivity contribution in [1.29, 1.82) is 0 Å². The minimum atomic E-state index is -4.92. The molecule has 0 aromatic heterocycles. The minimum Gasteiger partial charge on any atom is -0.370 e. The lowest BCUT2D eigenvalue weighted by atomic mass is 9.92. The Labute approximate surface area is 181 Å².